The third kappa shape index (κ3) is 2.26. The van der Waals surface area contributed by atoms with Crippen molar-refractivity contribution in [2.75, 3.05) is 25.0 Å². The van der Waals surface area contributed by atoms with Gasteiger partial charge in [-0.2, -0.15) is 0 Å². The van der Waals surface area contributed by atoms with E-state index >= 15 is 0 Å². The third-order valence-corrected chi connectivity index (χ3v) is 3.40. The van der Waals surface area contributed by atoms with E-state index in [9.17, 15) is 0 Å². The lowest BCUT2D eigenvalue weighted by molar-refractivity contribution is 0.389. The van der Waals surface area contributed by atoms with Gasteiger partial charge < -0.3 is 15.1 Å². The molecule has 2 aromatic rings. The van der Waals surface area contributed by atoms with Crippen LogP contribution in [0.3, 0.4) is 0 Å². The number of nitrogens with zero attached hydrogens (tertiary/aromatic N) is 1. The first-order chi connectivity index (χ1) is 8.43. The molecule has 4 nitrogen and oxygen atoms in total. The molecule has 17 heavy (non-hydrogen) atoms. The fourth-order valence-electron chi connectivity index (χ4n) is 2.36. The van der Waals surface area contributed by atoms with Gasteiger partial charge in [0.05, 0.1) is 11.6 Å². The van der Waals surface area contributed by atoms with Crippen LogP contribution in [0.2, 0.25) is 0 Å². The minimum Gasteiger partial charge on any atom is -0.464 e. The van der Waals surface area contributed by atoms with Gasteiger partial charge in [-0.1, -0.05) is 0 Å². The largest absolute Gasteiger partial charge is 0.464 e. The molecule has 1 fully saturated rings. The molecule has 0 unspecified atom stereocenters. The molecule has 0 spiro atoms. The van der Waals surface area contributed by atoms with Crippen LogP contribution < -0.4 is 10.6 Å². The van der Waals surface area contributed by atoms with Crippen LogP contribution in [0.1, 0.15) is 12.8 Å². The van der Waals surface area contributed by atoms with Gasteiger partial charge in [-0.25, -0.2) is 4.98 Å². The van der Waals surface area contributed by atoms with E-state index in [0.717, 1.165) is 42.3 Å². The number of hydrogen-bond donors (Lipinski definition) is 2. The van der Waals surface area contributed by atoms with Crippen molar-refractivity contribution in [3.63, 3.8) is 0 Å². The Morgan fingerprint density at radius 1 is 1.35 bits per heavy atom. The van der Waals surface area contributed by atoms with Crippen LogP contribution in [0, 0.1) is 5.92 Å². The number of piperidine rings is 1. The number of rotatable bonds is 3. The third-order valence-electron chi connectivity index (χ3n) is 3.40. The van der Waals surface area contributed by atoms with E-state index in [4.69, 9.17) is 4.42 Å². The van der Waals surface area contributed by atoms with Gasteiger partial charge in [0, 0.05) is 12.7 Å². The van der Waals surface area contributed by atoms with E-state index < -0.39 is 0 Å². The Hall–Kier alpha value is -1.55. The van der Waals surface area contributed by atoms with Crippen molar-refractivity contribution < 1.29 is 4.42 Å². The van der Waals surface area contributed by atoms with Crippen molar-refractivity contribution in [1.29, 1.82) is 0 Å². The molecular formula is C13H17N3O. The maximum Gasteiger partial charge on any atom is 0.139 e. The van der Waals surface area contributed by atoms with Crippen molar-refractivity contribution >= 4 is 16.8 Å². The number of aromatic nitrogens is 1. The number of pyridine rings is 1. The van der Waals surface area contributed by atoms with Crippen molar-refractivity contribution in [1.82, 2.24) is 10.3 Å². The van der Waals surface area contributed by atoms with Crippen LogP contribution >= 0.6 is 0 Å². The number of fused-ring (bicyclic) bond motifs is 1. The van der Waals surface area contributed by atoms with E-state index in [-0.39, 0.29) is 0 Å². The Balaban J connectivity index is 1.69. The predicted octanol–water partition coefficient (Wildman–Crippen LogP) is 2.24. The Kier molecular flexibility index (Phi) is 2.96. The highest BCUT2D eigenvalue weighted by atomic mass is 16.3. The molecule has 4 heteroatoms. The van der Waals surface area contributed by atoms with Crippen LogP contribution in [0.25, 0.3) is 11.0 Å². The van der Waals surface area contributed by atoms with Crippen molar-refractivity contribution in [3.05, 3.63) is 24.6 Å². The lowest BCUT2D eigenvalue weighted by Crippen LogP contribution is -2.31. The molecule has 0 aliphatic carbocycles. The molecule has 0 amide bonds. The standard InChI is InChI=1S/C13H17N3O/c1-5-14-6-2-10(1)9-16-13-11-4-8-17-12(11)3-7-15-13/h3-4,7-8,10,14H,1-2,5-6,9H2,(H,15,16). The molecule has 0 bridgehead atoms. The van der Waals surface area contributed by atoms with E-state index in [1.807, 2.05) is 12.1 Å². The average Bonchev–Trinajstić information content (AvgIpc) is 2.86. The minimum atomic E-state index is 0.750. The second-order valence-corrected chi connectivity index (χ2v) is 4.57. The summed E-state index contributed by atoms with van der Waals surface area (Å²) in [6.07, 6.45) is 5.99. The highest BCUT2D eigenvalue weighted by Gasteiger charge is 2.13. The zero-order valence-electron chi connectivity index (χ0n) is 9.78. The van der Waals surface area contributed by atoms with Crippen LogP contribution in [0.5, 0.6) is 0 Å². The van der Waals surface area contributed by atoms with Gasteiger partial charge in [0.2, 0.25) is 0 Å². The zero-order chi connectivity index (χ0) is 11.5. The maximum absolute atomic E-state index is 5.36. The summed E-state index contributed by atoms with van der Waals surface area (Å²) in [4.78, 5) is 4.38. The summed E-state index contributed by atoms with van der Waals surface area (Å²) in [5.41, 5.74) is 0.896. The van der Waals surface area contributed by atoms with Gasteiger partial charge >= 0.3 is 0 Å². The molecule has 2 aromatic heterocycles. The van der Waals surface area contributed by atoms with Gasteiger partial charge in [-0.05, 0) is 44.0 Å². The SMILES string of the molecule is c1cc2occc2c(NCC2CCNCC2)n1. The first-order valence-electron chi connectivity index (χ1n) is 6.20. The molecule has 2 N–H and O–H groups in total. The first kappa shape index (κ1) is 10.6. The summed E-state index contributed by atoms with van der Waals surface area (Å²) in [6.45, 7) is 3.27. The van der Waals surface area contributed by atoms with Gasteiger partial charge in [-0.3, -0.25) is 0 Å². The average molecular weight is 231 g/mol. The molecular weight excluding hydrogens is 214 g/mol. The molecule has 90 valence electrons. The fraction of sp³-hybridized carbons (Fsp3) is 0.462. The summed E-state index contributed by atoms with van der Waals surface area (Å²) in [5.74, 6) is 1.69. The minimum absolute atomic E-state index is 0.750. The van der Waals surface area contributed by atoms with Crippen LogP contribution in [0.15, 0.2) is 29.0 Å². The molecule has 0 atom stereocenters. The van der Waals surface area contributed by atoms with E-state index in [1.54, 1.807) is 12.5 Å². The van der Waals surface area contributed by atoms with Gasteiger partial charge in [-0.15, -0.1) is 0 Å². The normalized spacial score (nSPS) is 17.4. The van der Waals surface area contributed by atoms with Crippen LogP contribution in [0.4, 0.5) is 5.82 Å². The van der Waals surface area contributed by atoms with Crippen molar-refractivity contribution in [2.24, 2.45) is 5.92 Å². The lowest BCUT2D eigenvalue weighted by Gasteiger charge is -2.23. The molecule has 0 aromatic carbocycles. The summed E-state index contributed by atoms with van der Waals surface area (Å²) < 4.78 is 5.36. The van der Waals surface area contributed by atoms with Crippen LogP contribution in [-0.4, -0.2) is 24.6 Å². The highest BCUT2D eigenvalue weighted by molar-refractivity contribution is 5.87. The molecule has 3 heterocycles. The quantitative estimate of drug-likeness (QED) is 0.850. The maximum atomic E-state index is 5.36. The number of anilines is 1. The zero-order valence-corrected chi connectivity index (χ0v) is 9.78. The number of nitrogens with one attached hydrogen (secondary N) is 2. The van der Waals surface area contributed by atoms with Crippen LogP contribution in [-0.2, 0) is 0 Å². The van der Waals surface area contributed by atoms with Gasteiger partial charge in [0.1, 0.15) is 11.4 Å². The molecule has 0 radical (unpaired) electrons. The Morgan fingerprint density at radius 3 is 3.12 bits per heavy atom. The second kappa shape index (κ2) is 4.75. The predicted molar refractivity (Wildman–Crippen MR) is 68.1 cm³/mol. The first-order valence-corrected chi connectivity index (χ1v) is 6.20. The molecule has 1 saturated heterocycles. The number of hydrogen-bond acceptors (Lipinski definition) is 4. The van der Waals surface area contributed by atoms with Crippen molar-refractivity contribution in [3.8, 4) is 0 Å². The molecule has 1 aliphatic rings. The van der Waals surface area contributed by atoms with Crippen molar-refractivity contribution in [2.45, 2.75) is 12.8 Å². The Bertz CT molecular complexity index is 488. The topological polar surface area (TPSA) is 50.1 Å². The monoisotopic (exact) mass is 231 g/mol. The Morgan fingerprint density at radius 2 is 2.24 bits per heavy atom. The van der Waals surface area contributed by atoms with E-state index in [0.29, 0.717) is 0 Å². The summed E-state index contributed by atoms with van der Waals surface area (Å²) in [5, 5.41) is 7.90. The van der Waals surface area contributed by atoms with Gasteiger partial charge in [0.15, 0.2) is 0 Å². The van der Waals surface area contributed by atoms with E-state index in [2.05, 4.69) is 15.6 Å². The Labute approximate surface area is 100 Å². The smallest absolute Gasteiger partial charge is 0.139 e. The molecule has 0 saturated carbocycles. The van der Waals surface area contributed by atoms with E-state index in [1.165, 1.54) is 12.8 Å². The number of furan rings is 1. The summed E-state index contributed by atoms with van der Waals surface area (Å²) >= 11 is 0. The van der Waals surface area contributed by atoms with Gasteiger partial charge in [0.25, 0.3) is 0 Å². The molecule has 1 aliphatic heterocycles. The summed E-state index contributed by atoms with van der Waals surface area (Å²) in [6, 6.07) is 3.86. The highest BCUT2D eigenvalue weighted by Crippen LogP contribution is 2.22. The molecule has 3 rings (SSSR count). The lowest BCUT2D eigenvalue weighted by atomic mass is 9.98. The fourth-order valence-corrected chi connectivity index (χ4v) is 2.36. The second-order valence-electron chi connectivity index (χ2n) is 4.57. The summed E-state index contributed by atoms with van der Waals surface area (Å²) in [7, 11) is 0.